The van der Waals surface area contributed by atoms with Crippen LogP contribution in [0.5, 0.6) is 0 Å². The largest absolute Gasteiger partial charge is 0.0864 e. The Kier molecular flexibility index (Phi) is 3.25. The highest BCUT2D eigenvalue weighted by Gasteiger charge is 2.44. The molecule has 0 nitrogen and oxygen atoms in total. The van der Waals surface area contributed by atoms with Gasteiger partial charge in [-0.1, -0.05) is 74.8 Å². The molecule has 88 valence electrons. The summed E-state index contributed by atoms with van der Waals surface area (Å²) in [7, 11) is -1.30. The van der Waals surface area contributed by atoms with Crippen LogP contribution in [0.3, 0.4) is 0 Å². The Balaban J connectivity index is 2.30. The van der Waals surface area contributed by atoms with E-state index in [1.807, 2.05) is 0 Å². The highest BCUT2D eigenvalue weighted by molar-refractivity contribution is 6.92. The molecular weight excluding hydrogens is 208 g/mol. The van der Waals surface area contributed by atoms with E-state index in [4.69, 9.17) is 0 Å². The smallest absolute Gasteiger partial charge is 0.0650 e. The van der Waals surface area contributed by atoms with Crippen molar-refractivity contribution in [2.24, 2.45) is 0 Å². The topological polar surface area (TPSA) is 0 Å². The zero-order chi connectivity index (χ0) is 11.6. The fourth-order valence-electron chi connectivity index (χ4n) is 3.16. The first-order chi connectivity index (χ1) is 7.56. The quantitative estimate of drug-likeness (QED) is 0.666. The summed E-state index contributed by atoms with van der Waals surface area (Å²) < 4.78 is 0. The second-order valence-electron chi connectivity index (χ2n) is 6.11. The molecule has 1 fully saturated rings. The van der Waals surface area contributed by atoms with Gasteiger partial charge < -0.3 is 0 Å². The monoisotopic (exact) mass is 232 g/mol. The molecule has 0 atom stereocenters. The Morgan fingerprint density at radius 1 is 0.938 bits per heavy atom. The minimum Gasteiger partial charge on any atom is -0.0650 e. The van der Waals surface area contributed by atoms with Crippen molar-refractivity contribution in [2.45, 2.75) is 57.2 Å². The molecule has 0 spiro atoms. The molecule has 0 bridgehead atoms. The fraction of sp³-hybridized carbons (Fsp3) is 0.600. The van der Waals surface area contributed by atoms with Crippen molar-refractivity contribution < 1.29 is 0 Å². The fourth-order valence-corrected chi connectivity index (χ4v) is 6.49. The molecule has 0 aromatic heterocycles. The number of rotatable bonds is 2. The van der Waals surface area contributed by atoms with Crippen LogP contribution < -0.4 is 5.19 Å². The van der Waals surface area contributed by atoms with Gasteiger partial charge in [0.2, 0.25) is 0 Å². The van der Waals surface area contributed by atoms with Gasteiger partial charge in [0.1, 0.15) is 0 Å². The average molecular weight is 232 g/mol. The summed E-state index contributed by atoms with van der Waals surface area (Å²) >= 11 is 0. The molecule has 1 heteroatoms. The maximum atomic E-state index is 2.56. The van der Waals surface area contributed by atoms with Crippen LogP contribution in [0.15, 0.2) is 30.3 Å². The minimum atomic E-state index is -1.30. The van der Waals surface area contributed by atoms with Crippen LogP contribution in [-0.4, -0.2) is 8.07 Å². The molecule has 0 radical (unpaired) electrons. The van der Waals surface area contributed by atoms with Gasteiger partial charge in [0, 0.05) is 0 Å². The summed E-state index contributed by atoms with van der Waals surface area (Å²) in [6.45, 7) is 7.67. The van der Waals surface area contributed by atoms with Crippen LogP contribution in [0.1, 0.15) is 39.0 Å². The third-order valence-electron chi connectivity index (χ3n) is 4.96. The summed E-state index contributed by atoms with van der Waals surface area (Å²) in [5.74, 6) is 0. The Morgan fingerprint density at radius 3 is 2.06 bits per heavy atom. The Hall–Kier alpha value is -0.563. The van der Waals surface area contributed by atoms with E-state index in [2.05, 4.69) is 50.3 Å². The van der Waals surface area contributed by atoms with E-state index in [9.17, 15) is 0 Å². The summed E-state index contributed by atoms with van der Waals surface area (Å²) in [4.78, 5) is 0. The van der Waals surface area contributed by atoms with Gasteiger partial charge in [0.15, 0.2) is 0 Å². The Bertz CT molecular complexity index is 334. The SMILES string of the molecule is CC1([Si](C)(C)c2ccccc2)CCCCC1. The van der Waals surface area contributed by atoms with Crippen LogP contribution in [-0.2, 0) is 0 Å². The van der Waals surface area contributed by atoms with E-state index < -0.39 is 8.07 Å². The highest BCUT2D eigenvalue weighted by Crippen LogP contribution is 2.49. The molecule has 0 N–H and O–H groups in total. The van der Waals surface area contributed by atoms with Crippen molar-refractivity contribution >= 4 is 13.3 Å². The first kappa shape index (κ1) is 11.9. The van der Waals surface area contributed by atoms with E-state index in [1.54, 1.807) is 5.19 Å². The second-order valence-corrected chi connectivity index (χ2v) is 11.1. The highest BCUT2D eigenvalue weighted by atomic mass is 28.3. The summed E-state index contributed by atoms with van der Waals surface area (Å²) in [6.07, 6.45) is 7.23. The maximum Gasteiger partial charge on any atom is 0.0864 e. The van der Waals surface area contributed by atoms with E-state index in [-0.39, 0.29) is 0 Å². The zero-order valence-electron chi connectivity index (χ0n) is 10.9. The molecule has 1 aliphatic rings. The molecule has 0 unspecified atom stereocenters. The molecule has 1 saturated carbocycles. The maximum absolute atomic E-state index is 2.56. The van der Waals surface area contributed by atoms with Crippen molar-refractivity contribution in [3.05, 3.63) is 30.3 Å². The van der Waals surface area contributed by atoms with Crippen molar-refractivity contribution in [1.29, 1.82) is 0 Å². The van der Waals surface area contributed by atoms with Gasteiger partial charge in [0.05, 0.1) is 8.07 Å². The molecule has 1 aliphatic carbocycles. The molecule has 0 amide bonds. The number of hydrogen-bond donors (Lipinski definition) is 0. The van der Waals surface area contributed by atoms with E-state index in [0.717, 1.165) is 0 Å². The lowest BCUT2D eigenvalue weighted by Crippen LogP contribution is -2.52. The average Bonchev–Trinajstić information content (AvgIpc) is 2.31. The van der Waals surface area contributed by atoms with Gasteiger partial charge in [-0.2, -0.15) is 0 Å². The normalized spacial score (nSPS) is 20.7. The molecule has 2 rings (SSSR count). The van der Waals surface area contributed by atoms with Crippen LogP contribution in [0.25, 0.3) is 0 Å². The zero-order valence-corrected chi connectivity index (χ0v) is 11.9. The second kappa shape index (κ2) is 4.36. The molecule has 1 aromatic rings. The van der Waals surface area contributed by atoms with E-state index in [0.29, 0.717) is 5.04 Å². The molecular formula is C15H24Si. The lowest BCUT2D eigenvalue weighted by atomic mass is 9.90. The Labute approximate surface area is 101 Å². The first-order valence-electron chi connectivity index (χ1n) is 6.62. The van der Waals surface area contributed by atoms with Crippen molar-refractivity contribution in [1.82, 2.24) is 0 Å². The standard InChI is InChI=1S/C15H24Si/c1-15(12-8-5-9-13-15)16(2,3)14-10-6-4-7-11-14/h4,6-7,10-11H,5,8-9,12-13H2,1-3H3. The summed E-state index contributed by atoms with van der Waals surface area (Å²) in [5.41, 5.74) is 0. The van der Waals surface area contributed by atoms with E-state index in [1.165, 1.54) is 32.1 Å². The van der Waals surface area contributed by atoms with Crippen molar-refractivity contribution in [3.8, 4) is 0 Å². The molecule has 1 aromatic carbocycles. The van der Waals surface area contributed by atoms with Gasteiger partial charge >= 0.3 is 0 Å². The first-order valence-corrected chi connectivity index (χ1v) is 9.62. The molecule has 16 heavy (non-hydrogen) atoms. The van der Waals surface area contributed by atoms with Crippen LogP contribution in [0, 0.1) is 0 Å². The lowest BCUT2D eigenvalue weighted by Gasteiger charge is -2.46. The van der Waals surface area contributed by atoms with Crippen LogP contribution in [0.4, 0.5) is 0 Å². The van der Waals surface area contributed by atoms with Crippen molar-refractivity contribution in [3.63, 3.8) is 0 Å². The third kappa shape index (κ3) is 1.98. The van der Waals surface area contributed by atoms with E-state index >= 15 is 0 Å². The minimum absolute atomic E-state index is 0.618. The predicted molar refractivity (Wildman–Crippen MR) is 75.0 cm³/mol. The molecule has 0 heterocycles. The van der Waals surface area contributed by atoms with Gasteiger partial charge in [-0.05, 0) is 17.9 Å². The molecule has 0 aliphatic heterocycles. The Morgan fingerprint density at radius 2 is 1.50 bits per heavy atom. The number of benzene rings is 1. The summed E-state index contributed by atoms with van der Waals surface area (Å²) in [5, 5.41) is 2.26. The predicted octanol–water partition coefficient (Wildman–Crippen LogP) is 4.33. The van der Waals surface area contributed by atoms with Gasteiger partial charge in [-0.15, -0.1) is 0 Å². The van der Waals surface area contributed by atoms with Gasteiger partial charge in [-0.3, -0.25) is 0 Å². The molecule has 0 saturated heterocycles. The lowest BCUT2D eigenvalue weighted by molar-refractivity contribution is 0.391. The van der Waals surface area contributed by atoms with Crippen LogP contribution in [0.2, 0.25) is 18.1 Å². The van der Waals surface area contributed by atoms with Gasteiger partial charge in [-0.25, -0.2) is 0 Å². The summed E-state index contributed by atoms with van der Waals surface area (Å²) in [6, 6.07) is 11.3. The van der Waals surface area contributed by atoms with Crippen molar-refractivity contribution in [2.75, 3.05) is 0 Å². The number of hydrogen-bond acceptors (Lipinski definition) is 0. The van der Waals surface area contributed by atoms with Crippen LogP contribution >= 0.6 is 0 Å². The van der Waals surface area contributed by atoms with Gasteiger partial charge in [0.25, 0.3) is 0 Å². The third-order valence-corrected chi connectivity index (χ3v) is 10.3.